The fourth-order valence-corrected chi connectivity index (χ4v) is 4.68. The molecule has 0 atom stereocenters. The highest BCUT2D eigenvalue weighted by Gasteiger charge is 2.27. The first-order chi connectivity index (χ1) is 13.8. The molecule has 0 bridgehead atoms. The average molecular weight is 429 g/mol. The number of halogens is 1. The highest BCUT2D eigenvalue weighted by molar-refractivity contribution is 7.92. The zero-order chi connectivity index (χ0) is 21.0. The van der Waals surface area contributed by atoms with E-state index in [1.807, 2.05) is 30.3 Å². The molecule has 29 heavy (non-hydrogen) atoms. The molecule has 3 aromatic carbocycles. The van der Waals surface area contributed by atoms with E-state index >= 15 is 0 Å². The predicted octanol–water partition coefficient (Wildman–Crippen LogP) is 4.44. The van der Waals surface area contributed by atoms with Gasteiger partial charge in [0.15, 0.2) is 0 Å². The Balaban J connectivity index is 2.11. The lowest BCUT2D eigenvalue weighted by Gasteiger charge is -2.26. The number of hydrogen-bond donors (Lipinski definition) is 0. The molecule has 0 aliphatic carbocycles. The molecule has 0 fully saturated rings. The fraction of sp³-hybridized carbons (Fsp3) is 0.136. The standard InChI is InChI=1S/C22H21ClN2O3S/c1-24(2)22(26)18-11-8-12-19(15-18)29(27,28)25(16-17-9-4-3-5-10-17)21-14-7-6-13-20(21)23/h3-15H,16H2,1-2H3. The molecule has 0 N–H and O–H groups in total. The minimum atomic E-state index is -3.98. The van der Waals surface area contributed by atoms with E-state index in [2.05, 4.69) is 0 Å². The third-order valence-electron chi connectivity index (χ3n) is 4.37. The monoisotopic (exact) mass is 428 g/mol. The van der Waals surface area contributed by atoms with E-state index in [0.29, 0.717) is 16.3 Å². The highest BCUT2D eigenvalue weighted by Crippen LogP contribution is 2.32. The Morgan fingerprint density at radius 2 is 1.55 bits per heavy atom. The Morgan fingerprint density at radius 1 is 0.897 bits per heavy atom. The first-order valence-corrected chi connectivity index (χ1v) is 10.8. The van der Waals surface area contributed by atoms with Crippen molar-refractivity contribution in [2.45, 2.75) is 11.4 Å². The van der Waals surface area contributed by atoms with Crippen LogP contribution < -0.4 is 4.31 Å². The van der Waals surface area contributed by atoms with Gasteiger partial charge >= 0.3 is 0 Å². The van der Waals surface area contributed by atoms with Gasteiger partial charge in [0.05, 0.1) is 22.2 Å². The maximum Gasteiger partial charge on any atom is 0.264 e. The summed E-state index contributed by atoms with van der Waals surface area (Å²) in [6.45, 7) is 0.110. The second kappa shape index (κ2) is 8.68. The second-order valence-electron chi connectivity index (χ2n) is 6.68. The summed E-state index contributed by atoms with van der Waals surface area (Å²) in [5.41, 5.74) is 1.49. The zero-order valence-corrected chi connectivity index (χ0v) is 17.7. The lowest BCUT2D eigenvalue weighted by Crippen LogP contribution is -2.31. The number of nitrogens with zero attached hydrogens (tertiary/aromatic N) is 2. The summed E-state index contributed by atoms with van der Waals surface area (Å²) in [7, 11) is -0.738. The van der Waals surface area contributed by atoms with Crippen molar-refractivity contribution in [3.63, 3.8) is 0 Å². The minimum Gasteiger partial charge on any atom is -0.345 e. The number of anilines is 1. The van der Waals surface area contributed by atoms with Gasteiger partial charge in [-0.05, 0) is 35.9 Å². The molecule has 0 unspecified atom stereocenters. The molecular weight excluding hydrogens is 408 g/mol. The number of benzene rings is 3. The van der Waals surface area contributed by atoms with Crippen molar-refractivity contribution in [3.05, 3.63) is 95.0 Å². The molecule has 0 spiro atoms. The molecule has 0 heterocycles. The lowest BCUT2D eigenvalue weighted by molar-refractivity contribution is 0.0827. The summed E-state index contributed by atoms with van der Waals surface area (Å²) in [6, 6.07) is 22.1. The Morgan fingerprint density at radius 3 is 2.21 bits per heavy atom. The van der Waals surface area contributed by atoms with E-state index in [1.54, 1.807) is 50.5 Å². The van der Waals surface area contributed by atoms with Crippen LogP contribution in [0.2, 0.25) is 5.02 Å². The first-order valence-electron chi connectivity index (χ1n) is 8.93. The van der Waals surface area contributed by atoms with Gasteiger partial charge in [-0.15, -0.1) is 0 Å². The zero-order valence-electron chi connectivity index (χ0n) is 16.1. The SMILES string of the molecule is CN(C)C(=O)c1cccc(S(=O)(=O)N(Cc2ccccc2)c2ccccc2Cl)c1. The summed E-state index contributed by atoms with van der Waals surface area (Å²) in [4.78, 5) is 13.7. The number of sulfonamides is 1. The third kappa shape index (κ3) is 4.60. The van der Waals surface area contributed by atoms with E-state index in [1.165, 1.54) is 21.3 Å². The smallest absolute Gasteiger partial charge is 0.264 e. The molecule has 0 saturated carbocycles. The molecule has 3 rings (SSSR count). The maximum absolute atomic E-state index is 13.6. The van der Waals surface area contributed by atoms with E-state index in [9.17, 15) is 13.2 Å². The van der Waals surface area contributed by atoms with Crippen molar-refractivity contribution in [3.8, 4) is 0 Å². The lowest BCUT2D eigenvalue weighted by atomic mass is 10.2. The Bertz CT molecular complexity index is 1120. The molecule has 3 aromatic rings. The molecule has 0 aromatic heterocycles. The Kier molecular flexibility index (Phi) is 6.25. The number of para-hydroxylation sites is 1. The largest absolute Gasteiger partial charge is 0.345 e. The van der Waals surface area contributed by atoms with Gasteiger partial charge in [0, 0.05) is 19.7 Å². The Labute approximate surface area is 176 Å². The average Bonchev–Trinajstić information content (AvgIpc) is 2.73. The van der Waals surface area contributed by atoms with Crippen molar-refractivity contribution < 1.29 is 13.2 Å². The molecule has 0 aliphatic heterocycles. The van der Waals surface area contributed by atoms with Crippen molar-refractivity contribution in [2.24, 2.45) is 0 Å². The van der Waals surface area contributed by atoms with Crippen LogP contribution in [0.1, 0.15) is 15.9 Å². The van der Waals surface area contributed by atoms with Crippen LogP contribution in [0.25, 0.3) is 0 Å². The van der Waals surface area contributed by atoms with Gasteiger partial charge in [-0.25, -0.2) is 8.42 Å². The van der Waals surface area contributed by atoms with Crippen LogP contribution in [0, 0.1) is 0 Å². The van der Waals surface area contributed by atoms with E-state index < -0.39 is 10.0 Å². The third-order valence-corrected chi connectivity index (χ3v) is 6.44. The van der Waals surface area contributed by atoms with E-state index in [-0.39, 0.29) is 17.3 Å². The van der Waals surface area contributed by atoms with E-state index in [4.69, 9.17) is 11.6 Å². The highest BCUT2D eigenvalue weighted by atomic mass is 35.5. The molecule has 5 nitrogen and oxygen atoms in total. The summed E-state index contributed by atoms with van der Waals surface area (Å²) in [6.07, 6.45) is 0. The molecule has 0 aliphatic rings. The van der Waals surface area contributed by atoms with Gasteiger partial charge in [0.25, 0.3) is 15.9 Å². The summed E-state index contributed by atoms with van der Waals surface area (Å²) < 4.78 is 28.4. The van der Waals surface area contributed by atoms with Crippen LogP contribution in [0.3, 0.4) is 0 Å². The normalized spacial score (nSPS) is 11.1. The number of carbonyl (C=O) groups is 1. The molecular formula is C22H21ClN2O3S. The van der Waals surface area contributed by atoms with Crippen molar-refractivity contribution in [2.75, 3.05) is 18.4 Å². The van der Waals surface area contributed by atoms with Crippen LogP contribution >= 0.6 is 11.6 Å². The molecule has 0 saturated heterocycles. The molecule has 150 valence electrons. The van der Waals surface area contributed by atoms with E-state index in [0.717, 1.165) is 5.56 Å². The number of amides is 1. The fourth-order valence-electron chi connectivity index (χ4n) is 2.88. The van der Waals surface area contributed by atoms with Crippen molar-refractivity contribution in [1.29, 1.82) is 0 Å². The van der Waals surface area contributed by atoms with Crippen molar-refractivity contribution >= 4 is 33.2 Å². The van der Waals surface area contributed by atoms with Crippen LogP contribution in [-0.2, 0) is 16.6 Å². The molecule has 0 radical (unpaired) electrons. The van der Waals surface area contributed by atoms with Crippen LogP contribution in [0.4, 0.5) is 5.69 Å². The number of hydrogen-bond acceptors (Lipinski definition) is 3. The summed E-state index contributed by atoms with van der Waals surface area (Å²) >= 11 is 6.34. The molecule has 1 amide bonds. The minimum absolute atomic E-state index is 0.0288. The maximum atomic E-state index is 13.6. The van der Waals surface area contributed by atoms with Crippen LogP contribution in [0.15, 0.2) is 83.8 Å². The van der Waals surface area contributed by atoms with Gasteiger partial charge in [0.2, 0.25) is 0 Å². The topological polar surface area (TPSA) is 57.7 Å². The number of rotatable bonds is 6. The summed E-state index contributed by atoms with van der Waals surface area (Å²) in [5, 5.41) is 0.326. The first kappa shape index (κ1) is 20.9. The van der Waals surface area contributed by atoms with Gasteiger partial charge in [0.1, 0.15) is 0 Å². The summed E-state index contributed by atoms with van der Waals surface area (Å²) in [5.74, 6) is -0.269. The van der Waals surface area contributed by atoms with Gasteiger partial charge in [-0.1, -0.05) is 60.1 Å². The number of carbonyl (C=O) groups excluding carboxylic acids is 1. The predicted molar refractivity (Wildman–Crippen MR) is 116 cm³/mol. The second-order valence-corrected chi connectivity index (χ2v) is 8.95. The quantitative estimate of drug-likeness (QED) is 0.583. The van der Waals surface area contributed by atoms with Gasteiger partial charge in [-0.3, -0.25) is 9.10 Å². The van der Waals surface area contributed by atoms with Gasteiger partial charge in [-0.2, -0.15) is 0 Å². The van der Waals surface area contributed by atoms with Crippen LogP contribution in [0.5, 0.6) is 0 Å². The van der Waals surface area contributed by atoms with Crippen LogP contribution in [-0.4, -0.2) is 33.3 Å². The van der Waals surface area contributed by atoms with Gasteiger partial charge < -0.3 is 4.90 Å². The van der Waals surface area contributed by atoms with Crippen molar-refractivity contribution in [1.82, 2.24) is 4.90 Å². The molecule has 7 heteroatoms. The Hall–Kier alpha value is -2.83.